The van der Waals surface area contributed by atoms with Crippen LogP contribution in [0.25, 0.3) is 0 Å². The van der Waals surface area contributed by atoms with E-state index in [1.54, 1.807) is 0 Å². The fraction of sp³-hybridized carbons (Fsp3) is 0.143. The van der Waals surface area contributed by atoms with Gasteiger partial charge in [-0.05, 0) is 12.1 Å². The number of alkyl halides is 2. The molecule has 1 aromatic rings. The Hall–Kier alpha value is -1.26. The summed E-state index contributed by atoms with van der Waals surface area (Å²) in [6.45, 7) is -3.17. The van der Waals surface area contributed by atoms with Gasteiger partial charge in [-0.25, -0.2) is 4.39 Å². The minimum atomic E-state index is -3.17. The van der Waals surface area contributed by atoms with E-state index in [2.05, 4.69) is 4.74 Å². The summed E-state index contributed by atoms with van der Waals surface area (Å²) in [4.78, 5) is 0. The van der Waals surface area contributed by atoms with E-state index in [-0.39, 0.29) is 0 Å². The van der Waals surface area contributed by atoms with Crippen LogP contribution in [0.2, 0.25) is 0 Å². The van der Waals surface area contributed by atoms with Gasteiger partial charge in [0.25, 0.3) is 0 Å². The van der Waals surface area contributed by atoms with Crippen LogP contribution in [0.15, 0.2) is 12.1 Å². The Morgan fingerprint density at radius 3 is 2.58 bits per heavy atom. The van der Waals surface area contributed by atoms with Gasteiger partial charge in [0, 0.05) is 6.07 Å². The minimum Gasteiger partial charge on any atom is -0.432 e. The zero-order chi connectivity index (χ0) is 9.14. The highest BCUT2D eigenvalue weighted by atomic mass is 19.3. The van der Waals surface area contributed by atoms with Crippen molar-refractivity contribution >= 4 is 0 Å². The number of halogens is 4. The van der Waals surface area contributed by atoms with Gasteiger partial charge in [-0.3, -0.25) is 0 Å². The van der Waals surface area contributed by atoms with Crippen LogP contribution in [0.1, 0.15) is 0 Å². The van der Waals surface area contributed by atoms with Crippen molar-refractivity contribution in [2.24, 2.45) is 0 Å². The summed E-state index contributed by atoms with van der Waals surface area (Å²) in [6, 6.07) is 3.67. The Balaban J connectivity index is 2.92. The molecule has 0 aliphatic heterocycles. The molecule has 12 heavy (non-hydrogen) atoms. The third-order valence-electron chi connectivity index (χ3n) is 1.07. The molecule has 0 heterocycles. The van der Waals surface area contributed by atoms with Crippen LogP contribution in [-0.2, 0) is 0 Å². The molecule has 0 amide bonds. The smallest absolute Gasteiger partial charge is 0.387 e. The number of benzene rings is 1. The van der Waals surface area contributed by atoms with E-state index >= 15 is 0 Å². The van der Waals surface area contributed by atoms with Gasteiger partial charge >= 0.3 is 6.61 Å². The van der Waals surface area contributed by atoms with Gasteiger partial charge in [-0.1, -0.05) is 0 Å². The van der Waals surface area contributed by atoms with E-state index in [0.717, 1.165) is 12.1 Å². The zero-order valence-electron chi connectivity index (χ0n) is 5.65. The predicted octanol–water partition coefficient (Wildman–Crippen LogP) is 2.37. The second-order valence-electron chi connectivity index (χ2n) is 1.85. The summed E-state index contributed by atoms with van der Waals surface area (Å²) in [5.41, 5.74) is 0. The van der Waals surface area contributed by atoms with Crippen LogP contribution in [0.5, 0.6) is 5.75 Å². The van der Waals surface area contributed by atoms with Gasteiger partial charge in [-0.2, -0.15) is 13.2 Å². The van der Waals surface area contributed by atoms with Gasteiger partial charge in [0.2, 0.25) is 5.82 Å². The third-order valence-corrected chi connectivity index (χ3v) is 1.07. The number of ether oxygens (including phenoxy) is 1. The summed E-state index contributed by atoms with van der Waals surface area (Å²) in [7, 11) is 0. The molecule has 0 unspecified atom stereocenters. The van der Waals surface area contributed by atoms with Crippen molar-refractivity contribution in [1.82, 2.24) is 0 Å². The summed E-state index contributed by atoms with van der Waals surface area (Å²) < 4.78 is 51.5. The maximum Gasteiger partial charge on any atom is 0.387 e. The lowest BCUT2D eigenvalue weighted by Crippen LogP contribution is -2.04. The molecule has 1 nitrogen and oxygen atoms in total. The van der Waals surface area contributed by atoms with Crippen LogP contribution < -0.4 is 4.74 Å². The largest absolute Gasteiger partial charge is 0.432 e. The molecule has 0 fully saturated rings. The van der Waals surface area contributed by atoms with Gasteiger partial charge < -0.3 is 4.74 Å². The number of rotatable bonds is 2. The first-order chi connectivity index (χ1) is 5.61. The molecule has 65 valence electrons. The Kier molecular flexibility index (Phi) is 2.52. The molecule has 0 bridgehead atoms. The van der Waals surface area contributed by atoms with Crippen molar-refractivity contribution in [3.8, 4) is 5.75 Å². The highest BCUT2D eigenvalue weighted by Gasteiger charge is 2.12. The molecule has 1 radical (unpaired) electrons. The molecule has 0 saturated heterocycles. The molecule has 0 saturated carbocycles. The molecule has 0 aliphatic carbocycles. The van der Waals surface area contributed by atoms with Crippen LogP contribution in [0.3, 0.4) is 0 Å². The first kappa shape index (κ1) is 8.83. The molecule has 5 heteroatoms. The van der Waals surface area contributed by atoms with Crippen LogP contribution in [0, 0.1) is 17.7 Å². The highest BCUT2D eigenvalue weighted by Crippen LogP contribution is 2.20. The maximum atomic E-state index is 12.5. The average molecular weight is 179 g/mol. The molecule has 0 aliphatic rings. The lowest BCUT2D eigenvalue weighted by molar-refractivity contribution is -0.0525. The van der Waals surface area contributed by atoms with Gasteiger partial charge in [0.15, 0.2) is 11.6 Å². The van der Waals surface area contributed by atoms with Crippen molar-refractivity contribution in [2.45, 2.75) is 6.61 Å². The zero-order valence-corrected chi connectivity index (χ0v) is 5.65. The molecule has 0 spiro atoms. The Bertz CT molecular complexity index is 274. The lowest BCUT2D eigenvalue weighted by atomic mass is 10.3. The summed E-state index contributed by atoms with van der Waals surface area (Å²) in [5, 5.41) is 0. The van der Waals surface area contributed by atoms with Gasteiger partial charge in [0.1, 0.15) is 0 Å². The van der Waals surface area contributed by atoms with Crippen LogP contribution in [0.4, 0.5) is 17.6 Å². The lowest BCUT2D eigenvalue weighted by Gasteiger charge is -2.04. The average Bonchev–Trinajstić information content (AvgIpc) is 1.98. The molecular weight excluding hydrogens is 176 g/mol. The van der Waals surface area contributed by atoms with Crippen molar-refractivity contribution in [1.29, 1.82) is 0 Å². The van der Waals surface area contributed by atoms with E-state index in [1.165, 1.54) is 0 Å². The summed E-state index contributed by atoms with van der Waals surface area (Å²) >= 11 is 0. The van der Waals surface area contributed by atoms with Crippen LogP contribution >= 0.6 is 0 Å². The Morgan fingerprint density at radius 2 is 2.00 bits per heavy atom. The highest BCUT2D eigenvalue weighted by molar-refractivity contribution is 5.24. The molecule has 1 aromatic carbocycles. The van der Waals surface area contributed by atoms with Crippen LogP contribution in [-0.4, -0.2) is 6.61 Å². The molecule has 1 rings (SSSR count). The summed E-state index contributed by atoms with van der Waals surface area (Å²) in [6.07, 6.45) is 0. The molecule has 0 N–H and O–H groups in total. The molecule has 0 aromatic heterocycles. The topological polar surface area (TPSA) is 9.23 Å². The Labute approximate surface area is 65.6 Å². The molecular formula is C7H3F4O. The molecule has 0 atom stereocenters. The van der Waals surface area contributed by atoms with Crippen molar-refractivity contribution in [3.05, 3.63) is 29.8 Å². The quantitative estimate of drug-likeness (QED) is 0.633. The number of hydrogen-bond donors (Lipinski definition) is 0. The second-order valence-corrected chi connectivity index (χ2v) is 1.85. The maximum absolute atomic E-state index is 12.5. The second kappa shape index (κ2) is 3.42. The fourth-order valence-corrected chi connectivity index (χ4v) is 0.622. The van der Waals surface area contributed by atoms with E-state index in [9.17, 15) is 17.6 Å². The first-order valence-corrected chi connectivity index (χ1v) is 2.91. The van der Waals surface area contributed by atoms with E-state index in [1.807, 2.05) is 6.07 Å². The van der Waals surface area contributed by atoms with Crippen molar-refractivity contribution in [3.63, 3.8) is 0 Å². The van der Waals surface area contributed by atoms with E-state index in [0.29, 0.717) is 0 Å². The van der Waals surface area contributed by atoms with E-state index in [4.69, 9.17) is 0 Å². The van der Waals surface area contributed by atoms with Crippen molar-refractivity contribution < 1.29 is 22.3 Å². The van der Waals surface area contributed by atoms with Gasteiger partial charge in [0.05, 0.1) is 0 Å². The Morgan fingerprint density at radius 1 is 1.33 bits per heavy atom. The standard InChI is InChI=1S/C7H3F4O/c8-4-2-1-3-5(6(4)9)12-7(10)11/h1,3,7H. The summed E-state index contributed by atoms with van der Waals surface area (Å²) in [5.74, 6) is -3.62. The third kappa shape index (κ3) is 1.87. The van der Waals surface area contributed by atoms with Crippen molar-refractivity contribution in [2.75, 3.05) is 0 Å². The number of hydrogen-bond acceptors (Lipinski definition) is 1. The predicted molar refractivity (Wildman–Crippen MR) is 31.8 cm³/mol. The van der Waals surface area contributed by atoms with Gasteiger partial charge in [-0.15, -0.1) is 0 Å². The first-order valence-electron chi connectivity index (χ1n) is 2.91. The monoisotopic (exact) mass is 179 g/mol. The minimum absolute atomic E-state index is 0.818. The normalized spacial score (nSPS) is 10.4. The fourth-order valence-electron chi connectivity index (χ4n) is 0.622. The SMILES string of the molecule is Fc1[c]ccc(OC(F)F)c1F. The van der Waals surface area contributed by atoms with E-state index < -0.39 is 24.0 Å².